The highest BCUT2D eigenvalue weighted by Crippen LogP contribution is 2.26. The normalized spacial score (nSPS) is 13.4. The van der Waals surface area contributed by atoms with E-state index in [1.807, 2.05) is 6.20 Å². The van der Waals surface area contributed by atoms with Crippen LogP contribution >= 0.6 is 27.3 Å². The van der Waals surface area contributed by atoms with Crippen LogP contribution in [0.4, 0.5) is 0 Å². The van der Waals surface area contributed by atoms with Gasteiger partial charge in [0.2, 0.25) is 0 Å². The van der Waals surface area contributed by atoms with Crippen molar-refractivity contribution in [2.24, 2.45) is 5.73 Å². The predicted octanol–water partition coefficient (Wildman–Crippen LogP) is 2.36. The lowest BCUT2D eigenvalue weighted by atomic mass is 10.1. The SMILES string of the molecule is CC(CCN)c1ncc(Br)s1. The van der Waals surface area contributed by atoms with Crippen LogP contribution in [0.5, 0.6) is 0 Å². The van der Waals surface area contributed by atoms with Crippen LogP contribution in [-0.4, -0.2) is 11.5 Å². The smallest absolute Gasteiger partial charge is 0.0965 e. The first kappa shape index (κ1) is 9.16. The topological polar surface area (TPSA) is 38.9 Å². The highest BCUT2D eigenvalue weighted by Gasteiger charge is 2.07. The highest BCUT2D eigenvalue weighted by atomic mass is 79.9. The van der Waals surface area contributed by atoms with Crippen molar-refractivity contribution in [3.8, 4) is 0 Å². The minimum Gasteiger partial charge on any atom is -0.330 e. The molecule has 1 aromatic rings. The van der Waals surface area contributed by atoms with E-state index >= 15 is 0 Å². The maximum absolute atomic E-state index is 5.44. The van der Waals surface area contributed by atoms with Gasteiger partial charge in [0.1, 0.15) is 0 Å². The van der Waals surface area contributed by atoms with Crippen molar-refractivity contribution in [3.05, 3.63) is 15.0 Å². The van der Waals surface area contributed by atoms with E-state index < -0.39 is 0 Å². The second-order valence-corrected chi connectivity index (χ2v) is 4.92. The molecule has 0 aliphatic carbocycles. The maximum Gasteiger partial charge on any atom is 0.0965 e. The van der Waals surface area contributed by atoms with E-state index in [4.69, 9.17) is 5.73 Å². The molecule has 11 heavy (non-hydrogen) atoms. The van der Waals surface area contributed by atoms with Crippen molar-refractivity contribution in [3.63, 3.8) is 0 Å². The molecule has 2 N–H and O–H groups in total. The Morgan fingerprint density at radius 1 is 1.82 bits per heavy atom. The molecule has 1 unspecified atom stereocenters. The Hall–Kier alpha value is 0.0700. The van der Waals surface area contributed by atoms with Gasteiger partial charge in [0.25, 0.3) is 0 Å². The predicted molar refractivity (Wildman–Crippen MR) is 51.9 cm³/mol. The second kappa shape index (κ2) is 4.18. The van der Waals surface area contributed by atoms with Gasteiger partial charge < -0.3 is 5.73 Å². The van der Waals surface area contributed by atoms with Gasteiger partial charge in [-0.1, -0.05) is 6.92 Å². The van der Waals surface area contributed by atoms with Crippen LogP contribution in [-0.2, 0) is 0 Å². The van der Waals surface area contributed by atoms with Crippen LogP contribution in [0.3, 0.4) is 0 Å². The summed E-state index contributed by atoms with van der Waals surface area (Å²) in [5, 5.41) is 1.17. The molecular formula is C7H11BrN2S. The average Bonchev–Trinajstić information content (AvgIpc) is 2.36. The summed E-state index contributed by atoms with van der Waals surface area (Å²) in [5.74, 6) is 0.497. The maximum atomic E-state index is 5.44. The Morgan fingerprint density at radius 3 is 3.00 bits per heavy atom. The Morgan fingerprint density at radius 2 is 2.55 bits per heavy atom. The highest BCUT2D eigenvalue weighted by molar-refractivity contribution is 9.11. The standard InChI is InChI=1S/C7H11BrN2S/c1-5(2-3-9)7-10-4-6(8)11-7/h4-5H,2-3,9H2,1H3. The molecule has 0 aliphatic rings. The minimum atomic E-state index is 0.497. The molecule has 0 radical (unpaired) electrons. The number of aromatic nitrogens is 1. The molecule has 0 amide bonds. The lowest BCUT2D eigenvalue weighted by molar-refractivity contribution is 0.685. The fraction of sp³-hybridized carbons (Fsp3) is 0.571. The number of thiazole rings is 1. The van der Waals surface area contributed by atoms with E-state index in [0.717, 1.165) is 16.8 Å². The molecule has 1 aromatic heterocycles. The monoisotopic (exact) mass is 234 g/mol. The molecule has 0 aromatic carbocycles. The number of rotatable bonds is 3. The largest absolute Gasteiger partial charge is 0.330 e. The van der Waals surface area contributed by atoms with Gasteiger partial charge in [0.05, 0.1) is 15.0 Å². The zero-order valence-corrected chi connectivity index (χ0v) is 8.78. The van der Waals surface area contributed by atoms with E-state index in [1.54, 1.807) is 11.3 Å². The molecular weight excluding hydrogens is 224 g/mol. The number of nitrogens with zero attached hydrogens (tertiary/aromatic N) is 1. The first-order valence-electron chi connectivity index (χ1n) is 3.55. The van der Waals surface area contributed by atoms with Gasteiger partial charge in [-0.2, -0.15) is 0 Å². The van der Waals surface area contributed by atoms with Gasteiger partial charge in [0, 0.05) is 5.92 Å². The molecule has 0 spiro atoms. The number of halogens is 1. The Kier molecular flexibility index (Phi) is 3.48. The summed E-state index contributed by atoms with van der Waals surface area (Å²) in [6, 6.07) is 0. The fourth-order valence-electron chi connectivity index (χ4n) is 0.868. The van der Waals surface area contributed by atoms with E-state index in [0.29, 0.717) is 5.92 Å². The third-order valence-electron chi connectivity index (χ3n) is 1.52. The average molecular weight is 235 g/mol. The molecule has 0 fully saturated rings. The number of hydrogen-bond donors (Lipinski definition) is 1. The van der Waals surface area contributed by atoms with Crippen LogP contribution in [0.25, 0.3) is 0 Å². The zero-order valence-electron chi connectivity index (χ0n) is 6.38. The lowest BCUT2D eigenvalue weighted by Crippen LogP contribution is -2.03. The Balaban J connectivity index is 2.60. The summed E-state index contributed by atoms with van der Waals surface area (Å²) in [6.45, 7) is 2.89. The zero-order chi connectivity index (χ0) is 8.27. The van der Waals surface area contributed by atoms with Crippen LogP contribution in [0, 0.1) is 0 Å². The summed E-state index contributed by atoms with van der Waals surface area (Å²) in [4.78, 5) is 4.25. The summed E-state index contributed by atoms with van der Waals surface area (Å²) < 4.78 is 1.09. The molecule has 62 valence electrons. The van der Waals surface area contributed by atoms with Crippen molar-refractivity contribution in [2.75, 3.05) is 6.54 Å². The third-order valence-corrected chi connectivity index (χ3v) is 3.22. The van der Waals surface area contributed by atoms with Crippen LogP contribution in [0.2, 0.25) is 0 Å². The first-order chi connectivity index (χ1) is 5.24. The molecule has 0 bridgehead atoms. The molecule has 1 heterocycles. The molecule has 1 atom stereocenters. The van der Waals surface area contributed by atoms with Gasteiger partial charge in [-0.15, -0.1) is 11.3 Å². The molecule has 4 heteroatoms. The van der Waals surface area contributed by atoms with Crippen molar-refractivity contribution < 1.29 is 0 Å². The molecule has 0 aliphatic heterocycles. The summed E-state index contributed by atoms with van der Waals surface area (Å²) in [7, 11) is 0. The summed E-state index contributed by atoms with van der Waals surface area (Å²) >= 11 is 5.06. The van der Waals surface area contributed by atoms with Crippen molar-refractivity contribution in [1.29, 1.82) is 0 Å². The van der Waals surface area contributed by atoms with Gasteiger partial charge in [-0.05, 0) is 28.9 Å². The van der Waals surface area contributed by atoms with Gasteiger partial charge in [-0.3, -0.25) is 0 Å². The lowest BCUT2D eigenvalue weighted by Gasteiger charge is -2.03. The fourth-order valence-corrected chi connectivity index (χ4v) is 2.20. The van der Waals surface area contributed by atoms with Crippen molar-refractivity contribution >= 4 is 27.3 Å². The van der Waals surface area contributed by atoms with E-state index in [1.165, 1.54) is 5.01 Å². The minimum absolute atomic E-state index is 0.497. The van der Waals surface area contributed by atoms with Gasteiger partial charge in [-0.25, -0.2) is 4.98 Å². The quantitative estimate of drug-likeness (QED) is 0.873. The van der Waals surface area contributed by atoms with Gasteiger partial charge >= 0.3 is 0 Å². The molecule has 0 saturated heterocycles. The van der Waals surface area contributed by atoms with Gasteiger partial charge in [0.15, 0.2) is 0 Å². The third kappa shape index (κ3) is 2.54. The first-order valence-corrected chi connectivity index (χ1v) is 5.16. The van der Waals surface area contributed by atoms with Crippen LogP contribution in [0.15, 0.2) is 9.98 Å². The van der Waals surface area contributed by atoms with Crippen molar-refractivity contribution in [2.45, 2.75) is 19.3 Å². The Labute approximate surface area is 79.0 Å². The molecule has 1 rings (SSSR count). The molecule has 2 nitrogen and oxygen atoms in total. The van der Waals surface area contributed by atoms with Crippen LogP contribution < -0.4 is 5.73 Å². The van der Waals surface area contributed by atoms with Crippen molar-refractivity contribution in [1.82, 2.24) is 4.98 Å². The summed E-state index contributed by atoms with van der Waals surface area (Å²) in [5.41, 5.74) is 5.44. The van der Waals surface area contributed by atoms with E-state index in [9.17, 15) is 0 Å². The van der Waals surface area contributed by atoms with Crippen LogP contribution in [0.1, 0.15) is 24.3 Å². The molecule has 0 saturated carbocycles. The second-order valence-electron chi connectivity index (χ2n) is 2.48. The van der Waals surface area contributed by atoms with E-state index in [2.05, 4.69) is 27.8 Å². The Bertz CT molecular complexity index is 224. The number of hydrogen-bond acceptors (Lipinski definition) is 3. The summed E-state index contributed by atoms with van der Waals surface area (Å²) in [6.07, 6.45) is 2.85. The number of nitrogens with two attached hydrogens (primary N) is 1. The van der Waals surface area contributed by atoms with E-state index in [-0.39, 0.29) is 0 Å².